The van der Waals surface area contributed by atoms with Crippen LogP contribution in [0.1, 0.15) is 23.8 Å². The Morgan fingerprint density at radius 3 is 2.72 bits per heavy atom. The number of aliphatic hydroxyl groups excluding tert-OH is 1. The quantitative estimate of drug-likeness (QED) is 0.891. The van der Waals surface area contributed by atoms with Gasteiger partial charge >= 0.3 is 0 Å². The molecule has 1 unspecified atom stereocenters. The van der Waals surface area contributed by atoms with Crippen molar-refractivity contribution < 1.29 is 10.2 Å². The van der Waals surface area contributed by atoms with E-state index in [-0.39, 0.29) is 5.75 Å². The van der Waals surface area contributed by atoms with Crippen LogP contribution in [0.15, 0.2) is 42.6 Å². The fourth-order valence-electron chi connectivity index (χ4n) is 1.73. The van der Waals surface area contributed by atoms with Crippen LogP contribution in [0, 0.1) is 0 Å². The number of aromatic hydroxyl groups is 1. The molecule has 3 nitrogen and oxygen atoms in total. The summed E-state index contributed by atoms with van der Waals surface area (Å²) in [7, 11) is 0. The fraction of sp³-hybridized carbons (Fsp3) is 0.214. The lowest BCUT2D eigenvalue weighted by molar-refractivity contribution is 0.163. The highest BCUT2D eigenvalue weighted by Crippen LogP contribution is 2.25. The van der Waals surface area contributed by atoms with Gasteiger partial charge in [-0.2, -0.15) is 0 Å². The van der Waals surface area contributed by atoms with Gasteiger partial charge in [0.15, 0.2) is 0 Å². The number of aryl methyl sites for hydroxylation is 1. The predicted octanol–water partition coefficient (Wildman–Crippen LogP) is 3.11. The summed E-state index contributed by atoms with van der Waals surface area (Å²) in [6, 6.07) is 10.5. The summed E-state index contributed by atoms with van der Waals surface area (Å²) in [5, 5.41) is 19.6. The first-order valence-electron chi connectivity index (χ1n) is 5.73. The van der Waals surface area contributed by atoms with E-state index in [1.165, 1.54) is 0 Å². The van der Waals surface area contributed by atoms with Gasteiger partial charge in [-0.3, -0.25) is 4.98 Å². The minimum atomic E-state index is -0.584. The van der Waals surface area contributed by atoms with Gasteiger partial charge in [0.1, 0.15) is 5.75 Å². The molecule has 0 spiro atoms. The molecule has 0 fully saturated rings. The zero-order chi connectivity index (χ0) is 13.0. The molecule has 4 heteroatoms. The zero-order valence-electron chi connectivity index (χ0n) is 9.75. The van der Waals surface area contributed by atoms with Crippen LogP contribution in [0.5, 0.6) is 5.75 Å². The van der Waals surface area contributed by atoms with Gasteiger partial charge in [0.05, 0.1) is 16.8 Å². The zero-order valence-corrected chi connectivity index (χ0v) is 10.5. The molecule has 18 heavy (non-hydrogen) atoms. The van der Waals surface area contributed by atoms with Crippen LogP contribution in [0.3, 0.4) is 0 Å². The Bertz CT molecular complexity index is 516. The summed E-state index contributed by atoms with van der Waals surface area (Å²) in [6.45, 7) is 0. The number of aliphatic hydroxyl groups is 1. The Kier molecular flexibility index (Phi) is 4.18. The first-order valence-corrected chi connectivity index (χ1v) is 6.11. The number of hydrogen-bond acceptors (Lipinski definition) is 3. The summed E-state index contributed by atoms with van der Waals surface area (Å²) in [6.07, 6.45) is 2.32. The SMILES string of the molecule is Oc1ccc(CCC(O)c2ccccn2)cc1Cl. The summed E-state index contributed by atoms with van der Waals surface area (Å²) >= 11 is 5.82. The van der Waals surface area contributed by atoms with Gasteiger partial charge in [-0.05, 0) is 42.7 Å². The van der Waals surface area contributed by atoms with Crippen molar-refractivity contribution in [3.63, 3.8) is 0 Å². The van der Waals surface area contributed by atoms with Gasteiger partial charge in [-0.15, -0.1) is 0 Å². The molecule has 0 radical (unpaired) electrons. The van der Waals surface area contributed by atoms with Crippen molar-refractivity contribution in [2.24, 2.45) is 0 Å². The van der Waals surface area contributed by atoms with Crippen LogP contribution in [-0.4, -0.2) is 15.2 Å². The molecule has 1 aromatic carbocycles. The van der Waals surface area contributed by atoms with Gasteiger partial charge < -0.3 is 10.2 Å². The molecule has 2 rings (SSSR count). The largest absolute Gasteiger partial charge is 0.506 e. The third-order valence-corrected chi connectivity index (χ3v) is 3.05. The minimum Gasteiger partial charge on any atom is -0.506 e. The molecule has 2 N–H and O–H groups in total. The highest BCUT2D eigenvalue weighted by atomic mass is 35.5. The van der Waals surface area contributed by atoms with Crippen LogP contribution in [0.4, 0.5) is 0 Å². The molecule has 0 bridgehead atoms. The van der Waals surface area contributed by atoms with E-state index in [2.05, 4.69) is 4.98 Å². The Balaban J connectivity index is 1.97. The van der Waals surface area contributed by atoms with E-state index >= 15 is 0 Å². The number of benzene rings is 1. The minimum absolute atomic E-state index is 0.0747. The van der Waals surface area contributed by atoms with Crippen molar-refractivity contribution in [1.82, 2.24) is 4.98 Å². The molecule has 0 aliphatic carbocycles. The van der Waals surface area contributed by atoms with Crippen LogP contribution in [0.25, 0.3) is 0 Å². The molecule has 94 valence electrons. The second-order valence-electron chi connectivity index (χ2n) is 4.09. The number of aromatic nitrogens is 1. The molecular weight excluding hydrogens is 250 g/mol. The summed E-state index contributed by atoms with van der Waals surface area (Å²) in [4.78, 5) is 4.11. The molecular formula is C14H14ClNO2. The van der Waals surface area contributed by atoms with Crippen LogP contribution in [-0.2, 0) is 6.42 Å². The fourth-order valence-corrected chi connectivity index (χ4v) is 1.93. The predicted molar refractivity (Wildman–Crippen MR) is 70.6 cm³/mol. The number of phenols is 1. The molecule has 0 aliphatic rings. The lowest BCUT2D eigenvalue weighted by Crippen LogP contribution is -2.01. The maximum absolute atomic E-state index is 9.96. The smallest absolute Gasteiger partial charge is 0.134 e. The van der Waals surface area contributed by atoms with Gasteiger partial charge in [0.2, 0.25) is 0 Å². The molecule has 1 aromatic heterocycles. The van der Waals surface area contributed by atoms with Crippen molar-refractivity contribution in [3.8, 4) is 5.75 Å². The van der Waals surface area contributed by atoms with E-state index in [0.29, 0.717) is 23.6 Å². The second kappa shape index (κ2) is 5.85. The van der Waals surface area contributed by atoms with Crippen molar-refractivity contribution in [3.05, 3.63) is 58.9 Å². The number of rotatable bonds is 4. The van der Waals surface area contributed by atoms with Crippen molar-refractivity contribution >= 4 is 11.6 Å². The highest BCUT2D eigenvalue weighted by Gasteiger charge is 2.09. The normalized spacial score (nSPS) is 12.3. The first-order chi connectivity index (χ1) is 8.66. The number of nitrogens with zero attached hydrogens (tertiary/aromatic N) is 1. The molecule has 0 saturated carbocycles. The van der Waals surface area contributed by atoms with E-state index in [4.69, 9.17) is 11.6 Å². The van der Waals surface area contributed by atoms with Gasteiger partial charge in [-0.1, -0.05) is 23.7 Å². The molecule has 1 heterocycles. The van der Waals surface area contributed by atoms with Crippen LogP contribution >= 0.6 is 11.6 Å². The number of phenolic OH excluding ortho intramolecular Hbond substituents is 1. The van der Waals surface area contributed by atoms with E-state index in [0.717, 1.165) is 5.56 Å². The van der Waals surface area contributed by atoms with E-state index < -0.39 is 6.10 Å². The summed E-state index contributed by atoms with van der Waals surface area (Å²) in [5.74, 6) is 0.0747. The molecule has 1 atom stereocenters. The summed E-state index contributed by atoms with van der Waals surface area (Å²) in [5.41, 5.74) is 1.65. The first kappa shape index (κ1) is 12.9. The lowest BCUT2D eigenvalue weighted by atomic mass is 10.0. The number of hydrogen-bond donors (Lipinski definition) is 2. The molecule has 0 amide bonds. The summed E-state index contributed by atoms with van der Waals surface area (Å²) < 4.78 is 0. The monoisotopic (exact) mass is 263 g/mol. The van der Waals surface area contributed by atoms with Gasteiger partial charge in [0.25, 0.3) is 0 Å². The standard InChI is InChI=1S/C14H14ClNO2/c15-11-9-10(4-6-13(11)17)5-7-14(18)12-3-1-2-8-16-12/h1-4,6,8-9,14,17-18H,5,7H2. The van der Waals surface area contributed by atoms with Crippen molar-refractivity contribution in [2.75, 3.05) is 0 Å². The van der Waals surface area contributed by atoms with Gasteiger partial charge in [0, 0.05) is 6.20 Å². The van der Waals surface area contributed by atoms with Crippen molar-refractivity contribution in [2.45, 2.75) is 18.9 Å². The molecule has 0 aliphatic heterocycles. The average Bonchev–Trinajstić information content (AvgIpc) is 2.41. The highest BCUT2D eigenvalue weighted by molar-refractivity contribution is 6.32. The second-order valence-corrected chi connectivity index (χ2v) is 4.50. The van der Waals surface area contributed by atoms with Gasteiger partial charge in [-0.25, -0.2) is 0 Å². The average molecular weight is 264 g/mol. The lowest BCUT2D eigenvalue weighted by Gasteiger charge is -2.10. The number of pyridine rings is 1. The Hall–Kier alpha value is -1.58. The molecule has 0 saturated heterocycles. The maximum Gasteiger partial charge on any atom is 0.134 e. The van der Waals surface area contributed by atoms with E-state index in [1.54, 1.807) is 30.5 Å². The Morgan fingerprint density at radius 1 is 1.22 bits per heavy atom. The third kappa shape index (κ3) is 3.22. The van der Waals surface area contributed by atoms with E-state index in [9.17, 15) is 10.2 Å². The van der Waals surface area contributed by atoms with Crippen LogP contribution < -0.4 is 0 Å². The third-order valence-electron chi connectivity index (χ3n) is 2.75. The molecule has 2 aromatic rings. The Labute approximate surface area is 111 Å². The topological polar surface area (TPSA) is 53.4 Å². The Morgan fingerprint density at radius 2 is 2.06 bits per heavy atom. The van der Waals surface area contributed by atoms with E-state index in [1.807, 2.05) is 12.1 Å². The maximum atomic E-state index is 9.96. The number of halogens is 1. The van der Waals surface area contributed by atoms with Crippen LogP contribution in [0.2, 0.25) is 5.02 Å². The van der Waals surface area contributed by atoms with Crippen molar-refractivity contribution in [1.29, 1.82) is 0 Å².